The van der Waals surface area contributed by atoms with Crippen LogP contribution in [-0.2, 0) is 19.5 Å². The summed E-state index contributed by atoms with van der Waals surface area (Å²) < 4.78 is 5.70. The summed E-state index contributed by atoms with van der Waals surface area (Å²) in [5.41, 5.74) is 3.00. The Morgan fingerprint density at radius 3 is 2.83 bits per heavy atom. The molecule has 0 unspecified atom stereocenters. The van der Waals surface area contributed by atoms with Gasteiger partial charge in [0, 0.05) is 26.1 Å². The predicted octanol–water partition coefficient (Wildman–Crippen LogP) is 2.82. The third-order valence-electron chi connectivity index (χ3n) is 4.36. The summed E-state index contributed by atoms with van der Waals surface area (Å²) >= 11 is 0. The molecule has 1 aliphatic rings. The first kappa shape index (κ1) is 16.7. The van der Waals surface area contributed by atoms with Gasteiger partial charge >= 0.3 is 0 Å². The van der Waals surface area contributed by atoms with Gasteiger partial charge in [-0.3, -0.25) is 9.69 Å². The summed E-state index contributed by atoms with van der Waals surface area (Å²) in [5, 5.41) is 0. The topological polar surface area (TPSA) is 58.2 Å². The second kappa shape index (κ2) is 7.62. The molecular formula is C19H25N3O2. The van der Waals surface area contributed by atoms with Crippen LogP contribution in [0.4, 0.5) is 0 Å². The van der Waals surface area contributed by atoms with Crippen LogP contribution in [0.1, 0.15) is 42.4 Å². The van der Waals surface area contributed by atoms with Crippen molar-refractivity contribution in [2.24, 2.45) is 0 Å². The maximum atomic E-state index is 12.1. The van der Waals surface area contributed by atoms with Gasteiger partial charge in [0.15, 0.2) is 0 Å². The summed E-state index contributed by atoms with van der Waals surface area (Å²) in [6, 6.07) is 8.27. The number of aryl methyl sites for hydroxylation is 1. The summed E-state index contributed by atoms with van der Waals surface area (Å²) in [7, 11) is 0. The van der Waals surface area contributed by atoms with E-state index in [1.807, 2.05) is 19.1 Å². The fourth-order valence-electron chi connectivity index (χ4n) is 3.02. The van der Waals surface area contributed by atoms with E-state index in [-0.39, 0.29) is 5.56 Å². The molecule has 1 N–H and O–H groups in total. The van der Waals surface area contributed by atoms with Crippen molar-refractivity contribution in [3.8, 4) is 5.75 Å². The van der Waals surface area contributed by atoms with Crippen molar-refractivity contribution in [2.45, 2.75) is 46.2 Å². The SMILES string of the molecule is CCCCOc1ccc(CN2CCc3nc(C)[nH]c(=O)c3C2)cc1. The van der Waals surface area contributed by atoms with Crippen LogP contribution in [0.15, 0.2) is 29.1 Å². The van der Waals surface area contributed by atoms with Gasteiger partial charge in [-0.15, -0.1) is 0 Å². The van der Waals surface area contributed by atoms with Gasteiger partial charge in [-0.1, -0.05) is 25.5 Å². The van der Waals surface area contributed by atoms with Crippen LogP contribution < -0.4 is 10.3 Å². The first-order valence-electron chi connectivity index (χ1n) is 8.68. The molecule has 0 bridgehead atoms. The van der Waals surface area contributed by atoms with Crippen LogP contribution >= 0.6 is 0 Å². The Labute approximate surface area is 142 Å². The number of rotatable bonds is 6. The average Bonchev–Trinajstić information content (AvgIpc) is 2.57. The van der Waals surface area contributed by atoms with Crippen molar-refractivity contribution >= 4 is 0 Å². The van der Waals surface area contributed by atoms with Crippen molar-refractivity contribution in [2.75, 3.05) is 13.2 Å². The molecule has 2 heterocycles. The van der Waals surface area contributed by atoms with E-state index in [2.05, 4.69) is 33.9 Å². The molecular weight excluding hydrogens is 302 g/mol. The van der Waals surface area contributed by atoms with E-state index in [0.29, 0.717) is 12.4 Å². The van der Waals surface area contributed by atoms with Crippen molar-refractivity contribution in [1.29, 1.82) is 0 Å². The first-order chi connectivity index (χ1) is 11.7. The first-order valence-corrected chi connectivity index (χ1v) is 8.68. The van der Waals surface area contributed by atoms with Gasteiger partial charge in [-0.05, 0) is 31.0 Å². The molecule has 128 valence electrons. The summed E-state index contributed by atoms with van der Waals surface area (Å²) in [4.78, 5) is 21.7. The number of aromatic nitrogens is 2. The average molecular weight is 327 g/mol. The number of unbranched alkanes of at least 4 members (excludes halogenated alkanes) is 1. The molecule has 0 saturated heterocycles. The number of hydrogen-bond donors (Lipinski definition) is 1. The van der Waals surface area contributed by atoms with E-state index in [1.54, 1.807) is 0 Å². The minimum atomic E-state index is 0.00173. The van der Waals surface area contributed by atoms with Crippen LogP contribution in [-0.4, -0.2) is 28.0 Å². The second-order valence-electron chi connectivity index (χ2n) is 6.38. The largest absolute Gasteiger partial charge is 0.494 e. The third-order valence-corrected chi connectivity index (χ3v) is 4.36. The highest BCUT2D eigenvalue weighted by Gasteiger charge is 2.20. The molecule has 1 aliphatic heterocycles. The number of hydrogen-bond acceptors (Lipinski definition) is 4. The van der Waals surface area contributed by atoms with E-state index >= 15 is 0 Å². The summed E-state index contributed by atoms with van der Waals surface area (Å²) in [6.45, 7) is 7.18. The number of H-pyrrole nitrogens is 1. The Bertz CT molecular complexity index is 737. The Hall–Kier alpha value is -2.14. The maximum absolute atomic E-state index is 12.1. The van der Waals surface area contributed by atoms with Crippen LogP contribution in [0.2, 0.25) is 0 Å². The van der Waals surface area contributed by atoms with E-state index in [0.717, 1.165) is 56.0 Å². The van der Waals surface area contributed by atoms with Gasteiger partial charge in [0.2, 0.25) is 0 Å². The number of nitrogens with zero attached hydrogens (tertiary/aromatic N) is 2. The highest BCUT2D eigenvalue weighted by atomic mass is 16.5. The molecule has 0 spiro atoms. The number of benzene rings is 1. The highest BCUT2D eigenvalue weighted by Crippen LogP contribution is 2.18. The van der Waals surface area contributed by atoms with Gasteiger partial charge < -0.3 is 9.72 Å². The van der Waals surface area contributed by atoms with E-state index in [4.69, 9.17) is 4.74 Å². The minimum Gasteiger partial charge on any atom is -0.494 e. The Kier molecular flexibility index (Phi) is 5.30. The molecule has 2 aromatic rings. The lowest BCUT2D eigenvalue weighted by molar-refractivity contribution is 0.241. The van der Waals surface area contributed by atoms with Crippen molar-refractivity contribution in [3.05, 3.63) is 57.3 Å². The number of aromatic amines is 1. The number of nitrogens with one attached hydrogen (secondary N) is 1. The fraction of sp³-hybridized carbons (Fsp3) is 0.474. The quantitative estimate of drug-likeness (QED) is 0.829. The van der Waals surface area contributed by atoms with Gasteiger partial charge in [0.1, 0.15) is 11.6 Å². The highest BCUT2D eigenvalue weighted by molar-refractivity contribution is 5.28. The van der Waals surface area contributed by atoms with Crippen LogP contribution in [0.5, 0.6) is 5.75 Å². The predicted molar refractivity (Wildman–Crippen MR) is 94.3 cm³/mol. The molecule has 0 radical (unpaired) electrons. The molecule has 0 fully saturated rings. The zero-order chi connectivity index (χ0) is 16.9. The van der Waals surface area contributed by atoms with Gasteiger partial charge in [0.05, 0.1) is 17.9 Å². The van der Waals surface area contributed by atoms with E-state index in [9.17, 15) is 4.79 Å². The maximum Gasteiger partial charge on any atom is 0.255 e. The van der Waals surface area contributed by atoms with Crippen LogP contribution in [0, 0.1) is 6.92 Å². The zero-order valence-electron chi connectivity index (χ0n) is 14.5. The Morgan fingerprint density at radius 1 is 1.29 bits per heavy atom. The lowest BCUT2D eigenvalue weighted by atomic mass is 10.1. The normalized spacial score (nSPS) is 14.4. The smallest absolute Gasteiger partial charge is 0.255 e. The summed E-state index contributed by atoms with van der Waals surface area (Å²) in [6.07, 6.45) is 3.05. The fourth-order valence-corrected chi connectivity index (χ4v) is 3.02. The lowest BCUT2D eigenvalue weighted by Gasteiger charge is -2.27. The zero-order valence-corrected chi connectivity index (χ0v) is 14.5. The molecule has 5 nitrogen and oxygen atoms in total. The number of fused-ring (bicyclic) bond motifs is 1. The third kappa shape index (κ3) is 4.03. The van der Waals surface area contributed by atoms with Crippen LogP contribution in [0.25, 0.3) is 0 Å². The van der Waals surface area contributed by atoms with Crippen molar-refractivity contribution in [1.82, 2.24) is 14.9 Å². The monoisotopic (exact) mass is 327 g/mol. The van der Waals surface area contributed by atoms with Gasteiger partial charge in [0.25, 0.3) is 5.56 Å². The number of ether oxygens (including phenoxy) is 1. The molecule has 24 heavy (non-hydrogen) atoms. The van der Waals surface area contributed by atoms with Crippen molar-refractivity contribution in [3.63, 3.8) is 0 Å². The minimum absolute atomic E-state index is 0.00173. The standard InChI is InChI=1S/C19H25N3O2/c1-3-4-11-24-16-7-5-15(6-8-16)12-22-10-9-18-17(13-22)19(23)21-14(2)20-18/h5-8H,3-4,9-13H2,1-2H3,(H,20,21,23). The van der Waals surface area contributed by atoms with Gasteiger partial charge in [-0.25, -0.2) is 4.98 Å². The molecule has 3 rings (SSSR count). The molecule has 0 aliphatic carbocycles. The lowest BCUT2D eigenvalue weighted by Crippen LogP contribution is -2.35. The molecule has 0 atom stereocenters. The molecule has 0 saturated carbocycles. The second-order valence-corrected chi connectivity index (χ2v) is 6.38. The Morgan fingerprint density at radius 2 is 2.08 bits per heavy atom. The molecule has 1 aromatic carbocycles. The summed E-state index contributed by atoms with van der Waals surface area (Å²) in [5.74, 6) is 1.62. The van der Waals surface area contributed by atoms with Gasteiger partial charge in [-0.2, -0.15) is 0 Å². The Balaban J connectivity index is 1.62. The molecule has 0 amide bonds. The van der Waals surface area contributed by atoms with Crippen molar-refractivity contribution < 1.29 is 4.74 Å². The molecule has 1 aromatic heterocycles. The van der Waals surface area contributed by atoms with E-state index < -0.39 is 0 Å². The van der Waals surface area contributed by atoms with E-state index in [1.165, 1.54) is 5.56 Å². The van der Waals surface area contributed by atoms with Crippen LogP contribution in [0.3, 0.4) is 0 Å². The molecule has 5 heteroatoms.